The molecule has 0 saturated heterocycles. The van der Waals surface area contributed by atoms with Gasteiger partial charge < -0.3 is 20.0 Å². The second-order valence-electron chi connectivity index (χ2n) is 2.94. The third-order valence-electron chi connectivity index (χ3n) is 1.96. The minimum absolute atomic E-state index is 0.0228. The number of rotatable bonds is 0. The maximum atomic E-state index is 11.3. The Morgan fingerprint density at radius 1 is 1.64 bits per heavy atom. The third-order valence-corrected chi connectivity index (χ3v) is 1.96. The van der Waals surface area contributed by atoms with Crippen LogP contribution in [0.25, 0.3) is 0 Å². The number of ether oxygens (including phenoxy) is 1. The topological polar surface area (TPSA) is 110 Å². The second kappa shape index (κ2) is 2.85. The highest BCUT2D eigenvalue weighted by atomic mass is 16.6. The van der Waals surface area contributed by atoms with Crippen molar-refractivity contribution >= 4 is 11.8 Å². The van der Waals surface area contributed by atoms with Crippen molar-refractivity contribution in [2.75, 3.05) is 5.73 Å². The minimum Gasteiger partial charge on any atom is -0.448 e. The minimum atomic E-state index is -1.31. The van der Waals surface area contributed by atoms with Gasteiger partial charge in [0.05, 0.1) is 12.0 Å². The van der Waals surface area contributed by atoms with Gasteiger partial charge in [-0.3, -0.25) is 5.41 Å². The molecule has 1 atom stereocenters. The number of hydrogen-bond donors (Lipinski definition) is 3. The lowest BCUT2D eigenvalue weighted by Crippen LogP contribution is -2.26. The number of nitrogens with two attached hydrogens (primary N) is 1. The molecule has 4 N–H and O–H groups in total. The molecule has 1 aliphatic heterocycles. The Kier molecular flexibility index (Phi) is 1.78. The fourth-order valence-electron chi connectivity index (χ4n) is 1.35. The fourth-order valence-corrected chi connectivity index (χ4v) is 1.35. The van der Waals surface area contributed by atoms with E-state index in [1.807, 2.05) is 0 Å². The summed E-state index contributed by atoms with van der Waals surface area (Å²) in [5.74, 6) is -0.244. The summed E-state index contributed by atoms with van der Waals surface area (Å²) >= 11 is 0. The van der Waals surface area contributed by atoms with E-state index in [1.165, 1.54) is 6.07 Å². The Labute approximate surface area is 78.4 Å². The van der Waals surface area contributed by atoms with Gasteiger partial charge in [0.2, 0.25) is 6.29 Å². The van der Waals surface area contributed by atoms with E-state index in [0.717, 1.165) is 0 Å². The summed E-state index contributed by atoms with van der Waals surface area (Å²) in [6, 6.07) is 1.33. The van der Waals surface area contributed by atoms with Crippen molar-refractivity contribution in [3.8, 4) is 0 Å². The van der Waals surface area contributed by atoms with Crippen LogP contribution < -0.4 is 11.4 Å². The summed E-state index contributed by atoms with van der Waals surface area (Å²) in [6.07, 6.45) is -1.28. The van der Waals surface area contributed by atoms with Gasteiger partial charge in [0, 0.05) is 11.6 Å². The van der Waals surface area contributed by atoms with E-state index in [1.54, 1.807) is 0 Å². The Bertz CT molecular complexity index is 451. The molecule has 14 heavy (non-hydrogen) atoms. The molecule has 0 saturated carbocycles. The zero-order valence-corrected chi connectivity index (χ0v) is 7.11. The largest absolute Gasteiger partial charge is 0.448 e. The number of hydrogen-bond acceptors (Lipinski definition) is 6. The number of anilines is 1. The summed E-state index contributed by atoms with van der Waals surface area (Å²) in [7, 11) is 0. The van der Waals surface area contributed by atoms with Gasteiger partial charge in [0.25, 0.3) is 0 Å². The van der Waals surface area contributed by atoms with E-state index in [-0.39, 0.29) is 29.3 Å². The van der Waals surface area contributed by atoms with Gasteiger partial charge in [0.1, 0.15) is 0 Å². The first-order valence-corrected chi connectivity index (χ1v) is 3.92. The van der Waals surface area contributed by atoms with Crippen LogP contribution in [0.1, 0.15) is 17.4 Å². The van der Waals surface area contributed by atoms with Crippen molar-refractivity contribution in [1.82, 2.24) is 0 Å². The smallest absolute Gasteiger partial charge is 0.341 e. The van der Waals surface area contributed by atoms with Crippen molar-refractivity contribution in [3.63, 3.8) is 0 Å². The molecule has 6 nitrogen and oxygen atoms in total. The van der Waals surface area contributed by atoms with Crippen LogP contribution in [0.2, 0.25) is 0 Å². The third kappa shape index (κ3) is 1.25. The highest BCUT2D eigenvalue weighted by molar-refractivity contribution is 5.77. The molecule has 0 aliphatic carbocycles. The van der Waals surface area contributed by atoms with Gasteiger partial charge in [-0.1, -0.05) is 0 Å². The Hall–Kier alpha value is -1.82. The molecule has 74 valence electrons. The van der Waals surface area contributed by atoms with Crippen molar-refractivity contribution in [1.29, 1.82) is 5.41 Å². The summed E-state index contributed by atoms with van der Waals surface area (Å²) in [6.45, 7) is 0. The molecule has 0 fully saturated rings. The summed E-state index contributed by atoms with van der Waals surface area (Å²) < 4.78 is 9.36. The molecular formula is C8H8N2O4. The number of nitrogen functional groups attached to an aromatic ring is 1. The first kappa shape index (κ1) is 8.76. The highest BCUT2D eigenvalue weighted by Crippen LogP contribution is 2.24. The molecule has 1 aromatic heterocycles. The normalized spacial score (nSPS) is 20.1. The van der Waals surface area contributed by atoms with Crippen LogP contribution in [0.4, 0.5) is 5.88 Å². The average molecular weight is 196 g/mol. The first-order valence-electron chi connectivity index (χ1n) is 3.92. The molecule has 6 heteroatoms. The van der Waals surface area contributed by atoms with E-state index in [9.17, 15) is 9.90 Å². The number of aliphatic hydroxyl groups excluding tert-OH is 1. The van der Waals surface area contributed by atoms with Crippen LogP contribution in [0, 0.1) is 5.41 Å². The first-order chi connectivity index (χ1) is 6.58. The van der Waals surface area contributed by atoms with Crippen molar-refractivity contribution in [2.45, 2.75) is 12.7 Å². The Balaban J connectivity index is 2.64. The molecule has 0 aromatic carbocycles. The molecule has 0 radical (unpaired) electrons. The molecular weight excluding hydrogens is 188 g/mol. The number of fused-ring (bicyclic) bond motifs is 1. The molecule has 0 spiro atoms. The van der Waals surface area contributed by atoms with Crippen molar-refractivity contribution in [2.24, 2.45) is 0 Å². The van der Waals surface area contributed by atoms with Crippen LogP contribution >= 0.6 is 0 Å². The lowest BCUT2D eigenvalue weighted by atomic mass is 10.0. The van der Waals surface area contributed by atoms with Gasteiger partial charge >= 0.3 is 5.63 Å². The standard InChI is InChI=1S/C8H8N2O4/c9-5-1-3-4(8(12)13-5)2-6(10)14-7(3)11/h1,7,10-11H,2,9H2. The van der Waals surface area contributed by atoms with Gasteiger partial charge in [0.15, 0.2) is 11.8 Å². The quantitative estimate of drug-likeness (QED) is 0.530. The predicted octanol–water partition coefficient (Wildman–Crippen LogP) is -0.237. The van der Waals surface area contributed by atoms with E-state index < -0.39 is 11.9 Å². The van der Waals surface area contributed by atoms with Gasteiger partial charge in [-0.15, -0.1) is 0 Å². The Morgan fingerprint density at radius 2 is 2.36 bits per heavy atom. The average Bonchev–Trinajstić information content (AvgIpc) is 2.07. The molecule has 2 rings (SSSR count). The lowest BCUT2D eigenvalue weighted by molar-refractivity contribution is -0.0383. The van der Waals surface area contributed by atoms with Crippen LogP contribution in [0.5, 0.6) is 0 Å². The molecule has 0 amide bonds. The zero-order valence-electron chi connectivity index (χ0n) is 7.11. The van der Waals surface area contributed by atoms with Crippen LogP contribution in [0.3, 0.4) is 0 Å². The second-order valence-corrected chi connectivity index (χ2v) is 2.94. The predicted molar refractivity (Wildman–Crippen MR) is 46.9 cm³/mol. The number of nitrogens with one attached hydrogen (secondary N) is 1. The molecule has 2 heterocycles. The van der Waals surface area contributed by atoms with Gasteiger partial charge in [-0.2, -0.15) is 0 Å². The maximum Gasteiger partial charge on any atom is 0.341 e. The van der Waals surface area contributed by atoms with Crippen LogP contribution in [-0.4, -0.2) is 11.0 Å². The SMILES string of the molecule is N=C1Cc2c(cc(N)oc2=O)C(O)O1. The van der Waals surface area contributed by atoms with Crippen LogP contribution in [-0.2, 0) is 11.2 Å². The maximum absolute atomic E-state index is 11.3. The van der Waals surface area contributed by atoms with E-state index >= 15 is 0 Å². The molecule has 0 bridgehead atoms. The summed E-state index contributed by atoms with van der Waals surface area (Å²) in [5.41, 5.74) is 5.16. The lowest BCUT2D eigenvalue weighted by Gasteiger charge is -2.21. The highest BCUT2D eigenvalue weighted by Gasteiger charge is 2.26. The summed E-state index contributed by atoms with van der Waals surface area (Å²) in [5, 5.41) is 16.6. The monoisotopic (exact) mass is 196 g/mol. The van der Waals surface area contributed by atoms with E-state index in [4.69, 9.17) is 15.9 Å². The zero-order chi connectivity index (χ0) is 10.3. The van der Waals surface area contributed by atoms with E-state index in [0.29, 0.717) is 0 Å². The fraction of sp³-hybridized carbons (Fsp3) is 0.250. The Morgan fingerprint density at radius 3 is 3.07 bits per heavy atom. The van der Waals surface area contributed by atoms with Crippen LogP contribution in [0.15, 0.2) is 15.3 Å². The molecule has 1 aliphatic rings. The molecule has 1 aromatic rings. The van der Waals surface area contributed by atoms with Crippen molar-refractivity contribution in [3.05, 3.63) is 27.6 Å². The van der Waals surface area contributed by atoms with E-state index in [2.05, 4.69) is 4.42 Å². The molecule has 1 unspecified atom stereocenters. The van der Waals surface area contributed by atoms with Gasteiger partial charge in [-0.05, 0) is 0 Å². The van der Waals surface area contributed by atoms with Crippen molar-refractivity contribution < 1.29 is 14.3 Å². The summed E-state index contributed by atoms with van der Waals surface area (Å²) in [4.78, 5) is 11.3. The number of aliphatic hydroxyl groups is 1. The van der Waals surface area contributed by atoms with Gasteiger partial charge in [-0.25, -0.2) is 4.79 Å².